The molecular formula is C13H14N2O3S. The third-order valence-corrected chi connectivity index (χ3v) is 3.93. The summed E-state index contributed by atoms with van der Waals surface area (Å²) in [6.45, 7) is 1.98. The highest BCUT2D eigenvalue weighted by Crippen LogP contribution is 2.26. The van der Waals surface area contributed by atoms with Crippen molar-refractivity contribution in [3.8, 4) is 11.8 Å². The van der Waals surface area contributed by atoms with Crippen molar-refractivity contribution in [1.29, 1.82) is 0 Å². The molecule has 0 aliphatic heterocycles. The molecule has 100 valence electrons. The highest BCUT2D eigenvalue weighted by atomic mass is 32.2. The second-order valence-corrected chi connectivity index (χ2v) is 5.29. The number of ether oxygens (including phenoxy) is 2. The summed E-state index contributed by atoms with van der Waals surface area (Å²) in [7, 11) is 1.56. The minimum Gasteiger partial charge on any atom is -0.480 e. The van der Waals surface area contributed by atoms with Crippen molar-refractivity contribution in [3.63, 3.8) is 0 Å². The van der Waals surface area contributed by atoms with Gasteiger partial charge in [0.25, 0.3) is 0 Å². The Kier molecular flexibility index (Phi) is 4.11. The van der Waals surface area contributed by atoms with Gasteiger partial charge in [-0.05, 0) is 19.1 Å². The summed E-state index contributed by atoms with van der Waals surface area (Å²) < 4.78 is 22.6. The van der Waals surface area contributed by atoms with Crippen LogP contribution < -0.4 is 9.47 Å². The molecular weight excluding hydrogens is 264 g/mol. The number of hydrogen-bond acceptors (Lipinski definition) is 5. The van der Waals surface area contributed by atoms with Crippen LogP contribution in [-0.2, 0) is 10.8 Å². The Bertz CT molecular complexity index is 599. The van der Waals surface area contributed by atoms with E-state index in [4.69, 9.17) is 9.47 Å². The maximum atomic E-state index is 12.5. The van der Waals surface area contributed by atoms with Gasteiger partial charge in [-0.25, -0.2) is 4.21 Å². The van der Waals surface area contributed by atoms with Gasteiger partial charge in [0.05, 0.1) is 25.0 Å². The molecule has 0 spiro atoms. The minimum absolute atomic E-state index is 0.236. The number of rotatable bonds is 4. The molecule has 1 aromatic carbocycles. The predicted molar refractivity (Wildman–Crippen MR) is 71.0 cm³/mol. The summed E-state index contributed by atoms with van der Waals surface area (Å²) in [6, 6.07) is 9.02. The van der Waals surface area contributed by atoms with E-state index in [2.05, 4.69) is 10.2 Å². The molecule has 2 aromatic rings. The Labute approximate surface area is 114 Å². The van der Waals surface area contributed by atoms with Crippen molar-refractivity contribution >= 4 is 10.8 Å². The van der Waals surface area contributed by atoms with E-state index in [-0.39, 0.29) is 5.88 Å². The minimum atomic E-state index is -1.39. The van der Waals surface area contributed by atoms with Crippen LogP contribution in [0.4, 0.5) is 0 Å². The van der Waals surface area contributed by atoms with Crippen molar-refractivity contribution in [2.75, 3.05) is 14.2 Å². The van der Waals surface area contributed by atoms with Crippen LogP contribution in [0.2, 0.25) is 0 Å². The zero-order valence-corrected chi connectivity index (χ0v) is 11.7. The van der Waals surface area contributed by atoms with E-state index in [9.17, 15) is 4.21 Å². The molecule has 0 aliphatic rings. The smallest absolute Gasteiger partial charge is 0.250 e. The van der Waals surface area contributed by atoms with E-state index in [1.54, 1.807) is 6.07 Å². The molecule has 19 heavy (non-hydrogen) atoms. The highest BCUT2D eigenvalue weighted by molar-refractivity contribution is 7.85. The van der Waals surface area contributed by atoms with Crippen molar-refractivity contribution in [2.24, 2.45) is 0 Å². The Balaban J connectivity index is 2.44. The van der Waals surface area contributed by atoms with Crippen LogP contribution in [0.3, 0.4) is 0 Å². The van der Waals surface area contributed by atoms with Crippen LogP contribution in [0, 0.1) is 6.92 Å². The lowest BCUT2D eigenvalue weighted by atomic mass is 10.2. The lowest BCUT2D eigenvalue weighted by Crippen LogP contribution is -2.02. The first-order valence-electron chi connectivity index (χ1n) is 5.60. The van der Waals surface area contributed by atoms with E-state index in [1.165, 1.54) is 14.2 Å². The van der Waals surface area contributed by atoms with Gasteiger partial charge >= 0.3 is 0 Å². The fourth-order valence-electron chi connectivity index (χ4n) is 1.51. The molecule has 0 unspecified atom stereocenters. The summed E-state index contributed by atoms with van der Waals surface area (Å²) in [6.07, 6.45) is 0. The van der Waals surface area contributed by atoms with E-state index in [0.29, 0.717) is 15.7 Å². The van der Waals surface area contributed by atoms with Gasteiger partial charge in [-0.1, -0.05) is 17.7 Å². The predicted octanol–water partition coefficient (Wildman–Crippen LogP) is 1.97. The zero-order chi connectivity index (χ0) is 13.8. The molecule has 5 nitrogen and oxygen atoms in total. The number of aryl methyl sites for hydroxylation is 1. The molecule has 0 saturated carbocycles. The maximum Gasteiger partial charge on any atom is 0.250 e. The second kappa shape index (κ2) is 5.79. The molecule has 1 heterocycles. The number of hydrogen-bond donors (Lipinski definition) is 0. The fourth-order valence-corrected chi connectivity index (χ4v) is 2.64. The first kappa shape index (κ1) is 13.5. The van der Waals surface area contributed by atoms with E-state index in [0.717, 1.165) is 5.56 Å². The quantitative estimate of drug-likeness (QED) is 0.855. The van der Waals surface area contributed by atoms with Crippen molar-refractivity contribution in [1.82, 2.24) is 10.2 Å². The van der Waals surface area contributed by atoms with E-state index >= 15 is 0 Å². The summed E-state index contributed by atoms with van der Waals surface area (Å²) in [5.74, 6) is 0.538. The summed E-state index contributed by atoms with van der Waals surface area (Å²) in [5, 5.41) is 7.63. The standard InChI is InChI=1S/C13H14N2O3S/c1-9-4-6-10(7-5-9)19(16)11-8-12(17-2)14-15-13(11)18-3/h4-8H,1-3H3/t19-/m1/s1. The fraction of sp³-hybridized carbons (Fsp3) is 0.231. The number of methoxy groups -OCH3 is 2. The van der Waals surface area contributed by atoms with Crippen LogP contribution in [0.5, 0.6) is 11.8 Å². The number of aromatic nitrogens is 2. The number of nitrogens with zero attached hydrogens (tertiary/aromatic N) is 2. The average Bonchev–Trinajstić information content (AvgIpc) is 2.46. The molecule has 1 aromatic heterocycles. The first-order valence-corrected chi connectivity index (χ1v) is 6.75. The van der Waals surface area contributed by atoms with Crippen LogP contribution >= 0.6 is 0 Å². The Hall–Kier alpha value is -1.95. The molecule has 0 amide bonds. The van der Waals surface area contributed by atoms with Gasteiger partial charge in [-0.15, -0.1) is 10.2 Å². The van der Waals surface area contributed by atoms with Gasteiger partial charge in [0.1, 0.15) is 4.90 Å². The third kappa shape index (κ3) is 2.90. The largest absolute Gasteiger partial charge is 0.480 e. The molecule has 0 radical (unpaired) electrons. The zero-order valence-electron chi connectivity index (χ0n) is 10.9. The molecule has 1 atom stereocenters. The average molecular weight is 278 g/mol. The maximum absolute atomic E-state index is 12.5. The van der Waals surface area contributed by atoms with Crippen LogP contribution in [0.1, 0.15) is 5.56 Å². The molecule has 2 rings (SSSR count). The third-order valence-electron chi connectivity index (χ3n) is 2.54. The van der Waals surface area contributed by atoms with Gasteiger partial charge in [0.2, 0.25) is 11.8 Å². The molecule has 6 heteroatoms. The van der Waals surface area contributed by atoms with Crippen molar-refractivity contribution < 1.29 is 13.7 Å². The Morgan fingerprint density at radius 1 is 1.05 bits per heavy atom. The van der Waals surface area contributed by atoms with E-state index < -0.39 is 10.8 Å². The van der Waals surface area contributed by atoms with E-state index in [1.807, 2.05) is 31.2 Å². The lowest BCUT2D eigenvalue weighted by Gasteiger charge is -2.08. The summed E-state index contributed by atoms with van der Waals surface area (Å²) in [5.41, 5.74) is 1.11. The monoisotopic (exact) mass is 278 g/mol. The van der Waals surface area contributed by atoms with Crippen molar-refractivity contribution in [3.05, 3.63) is 35.9 Å². The number of benzene rings is 1. The Morgan fingerprint density at radius 2 is 1.74 bits per heavy atom. The first-order chi connectivity index (χ1) is 9.15. The molecule has 0 saturated heterocycles. The SMILES string of the molecule is COc1cc([S@](=O)c2ccc(C)cc2)c(OC)nn1. The van der Waals surface area contributed by atoms with Crippen molar-refractivity contribution in [2.45, 2.75) is 16.7 Å². The van der Waals surface area contributed by atoms with Gasteiger partial charge in [0.15, 0.2) is 0 Å². The van der Waals surface area contributed by atoms with Crippen LogP contribution in [-0.4, -0.2) is 28.6 Å². The summed E-state index contributed by atoms with van der Waals surface area (Å²) in [4.78, 5) is 1.12. The molecule has 0 bridgehead atoms. The van der Waals surface area contributed by atoms with Crippen LogP contribution in [0.15, 0.2) is 40.1 Å². The Morgan fingerprint density at radius 3 is 2.32 bits per heavy atom. The second-order valence-electron chi connectivity index (χ2n) is 3.84. The van der Waals surface area contributed by atoms with Gasteiger partial charge < -0.3 is 9.47 Å². The highest BCUT2D eigenvalue weighted by Gasteiger charge is 2.16. The topological polar surface area (TPSA) is 61.3 Å². The van der Waals surface area contributed by atoms with Crippen LogP contribution in [0.25, 0.3) is 0 Å². The molecule has 0 N–H and O–H groups in total. The summed E-state index contributed by atoms with van der Waals surface area (Å²) >= 11 is 0. The molecule has 0 aliphatic carbocycles. The van der Waals surface area contributed by atoms with Gasteiger partial charge in [-0.2, -0.15) is 0 Å². The normalized spacial score (nSPS) is 11.9. The van der Waals surface area contributed by atoms with Gasteiger partial charge in [-0.3, -0.25) is 0 Å². The van der Waals surface area contributed by atoms with Gasteiger partial charge in [0, 0.05) is 11.0 Å². The lowest BCUT2D eigenvalue weighted by molar-refractivity contribution is 0.357. The molecule has 0 fully saturated rings.